The highest BCUT2D eigenvalue weighted by atomic mass is 16.5. The van der Waals surface area contributed by atoms with E-state index >= 15 is 0 Å². The Bertz CT molecular complexity index is 726. The largest absolute Gasteiger partial charge is 0.354 e. The lowest BCUT2D eigenvalue weighted by Gasteiger charge is -2.31. The van der Waals surface area contributed by atoms with Crippen LogP contribution in [0.5, 0.6) is 0 Å². The third-order valence-electron chi connectivity index (χ3n) is 4.41. The van der Waals surface area contributed by atoms with Gasteiger partial charge in [0.15, 0.2) is 0 Å². The summed E-state index contributed by atoms with van der Waals surface area (Å²) >= 11 is 0. The van der Waals surface area contributed by atoms with Gasteiger partial charge in [-0.2, -0.15) is 4.98 Å². The Morgan fingerprint density at radius 1 is 1.44 bits per heavy atom. The number of nitrogens with one attached hydrogen (secondary N) is 1. The fourth-order valence-electron chi connectivity index (χ4n) is 3.23. The molecule has 25 heavy (non-hydrogen) atoms. The number of likely N-dealkylation sites (tertiary alicyclic amines) is 1. The van der Waals surface area contributed by atoms with E-state index in [-0.39, 0.29) is 17.9 Å². The van der Waals surface area contributed by atoms with Crippen LogP contribution >= 0.6 is 0 Å². The number of carbonyl (C=O) groups is 1. The highest BCUT2D eigenvalue weighted by molar-refractivity contribution is 5.79. The number of carbonyl (C=O) groups excluding carboxylic acids is 1. The summed E-state index contributed by atoms with van der Waals surface area (Å²) in [6.45, 7) is 8.30. The molecule has 0 radical (unpaired) electrons. The zero-order valence-corrected chi connectivity index (χ0v) is 15.2. The first-order chi connectivity index (χ1) is 12.0. The minimum atomic E-state index is 0.0373. The third-order valence-corrected chi connectivity index (χ3v) is 4.41. The van der Waals surface area contributed by atoms with Crippen molar-refractivity contribution in [2.45, 2.75) is 46.2 Å². The number of nitrogens with zero attached hydrogens (tertiary/aromatic N) is 3. The number of benzene rings is 1. The quantitative estimate of drug-likeness (QED) is 0.905. The van der Waals surface area contributed by atoms with Crippen molar-refractivity contribution in [3.05, 3.63) is 35.7 Å². The lowest BCUT2D eigenvalue weighted by atomic mass is 9.97. The highest BCUT2D eigenvalue weighted by Crippen LogP contribution is 2.21. The summed E-state index contributed by atoms with van der Waals surface area (Å²) in [6, 6.07) is 8.23. The van der Waals surface area contributed by atoms with Crippen molar-refractivity contribution in [3.63, 3.8) is 0 Å². The Hall–Kier alpha value is -2.21. The van der Waals surface area contributed by atoms with Crippen molar-refractivity contribution >= 4 is 5.91 Å². The Labute approximate surface area is 148 Å². The number of amides is 1. The maximum atomic E-state index is 12.2. The summed E-state index contributed by atoms with van der Waals surface area (Å²) in [7, 11) is 0. The average Bonchev–Trinajstić information content (AvgIpc) is 3.03. The summed E-state index contributed by atoms with van der Waals surface area (Å²) in [5, 5.41) is 7.11. The molecular weight excluding hydrogens is 316 g/mol. The number of aromatic nitrogens is 2. The molecule has 3 rings (SSSR count). The van der Waals surface area contributed by atoms with E-state index in [0.717, 1.165) is 31.5 Å². The van der Waals surface area contributed by atoms with Crippen LogP contribution in [0.4, 0.5) is 0 Å². The maximum absolute atomic E-state index is 12.2. The molecule has 134 valence electrons. The van der Waals surface area contributed by atoms with E-state index in [0.29, 0.717) is 18.3 Å². The van der Waals surface area contributed by atoms with Gasteiger partial charge in [-0.05, 0) is 46.2 Å². The molecular formula is C19H26N4O2. The molecule has 1 aromatic carbocycles. The molecule has 0 spiro atoms. The molecule has 0 aliphatic carbocycles. The van der Waals surface area contributed by atoms with Crippen LogP contribution in [-0.2, 0) is 11.3 Å². The van der Waals surface area contributed by atoms with E-state index < -0.39 is 0 Å². The molecule has 1 fully saturated rings. The van der Waals surface area contributed by atoms with Crippen LogP contribution in [0.25, 0.3) is 11.4 Å². The molecule has 2 heterocycles. The van der Waals surface area contributed by atoms with Crippen LogP contribution in [-0.4, -0.2) is 40.1 Å². The van der Waals surface area contributed by atoms with Crippen LogP contribution < -0.4 is 5.32 Å². The fraction of sp³-hybridized carbons (Fsp3) is 0.526. The smallest absolute Gasteiger partial charge is 0.241 e. The standard InChI is InChI=1S/C19H26N4O2/c1-13(2)20-19(24)16-8-5-9-23(11-16)12-17-21-18(22-25-17)15-7-4-6-14(3)10-15/h4,6-7,10,13,16H,5,8-9,11-12H2,1-3H3,(H,20,24). The van der Waals surface area contributed by atoms with Gasteiger partial charge in [0.05, 0.1) is 12.5 Å². The van der Waals surface area contributed by atoms with E-state index in [1.165, 1.54) is 5.56 Å². The van der Waals surface area contributed by atoms with Gasteiger partial charge >= 0.3 is 0 Å². The number of rotatable bonds is 5. The Morgan fingerprint density at radius 2 is 2.28 bits per heavy atom. The first-order valence-electron chi connectivity index (χ1n) is 8.93. The van der Waals surface area contributed by atoms with Gasteiger partial charge in [0, 0.05) is 18.2 Å². The lowest BCUT2D eigenvalue weighted by molar-refractivity contribution is -0.127. The van der Waals surface area contributed by atoms with Gasteiger partial charge in [-0.3, -0.25) is 9.69 Å². The van der Waals surface area contributed by atoms with Crippen LogP contribution in [0.3, 0.4) is 0 Å². The summed E-state index contributed by atoms with van der Waals surface area (Å²) < 4.78 is 5.42. The van der Waals surface area contributed by atoms with Gasteiger partial charge in [0.25, 0.3) is 0 Å². The minimum Gasteiger partial charge on any atom is -0.354 e. The van der Waals surface area contributed by atoms with Crippen LogP contribution in [0.2, 0.25) is 0 Å². The molecule has 1 aromatic heterocycles. The zero-order chi connectivity index (χ0) is 17.8. The zero-order valence-electron chi connectivity index (χ0n) is 15.2. The molecule has 1 saturated heterocycles. The molecule has 0 bridgehead atoms. The molecule has 2 aromatic rings. The number of hydrogen-bond donors (Lipinski definition) is 1. The SMILES string of the molecule is Cc1cccc(-c2noc(CN3CCCC(C(=O)NC(C)C)C3)n2)c1. The van der Waals surface area contributed by atoms with Crippen molar-refractivity contribution in [1.82, 2.24) is 20.4 Å². The van der Waals surface area contributed by atoms with Crippen LogP contribution in [0, 0.1) is 12.8 Å². The average molecular weight is 342 g/mol. The molecule has 1 N–H and O–H groups in total. The van der Waals surface area contributed by atoms with E-state index in [2.05, 4.69) is 20.4 Å². The highest BCUT2D eigenvalue weighted by Gasteiger charge is 2.27. The van der Waals surface area contributed by atoms with Gasteiger partial charge in [-0.25, -0.2) is 0 Å². The lowest BCUT2D eigenvalue weighted by Crippen LogP contribution is -2.44. The number of hydrogen-bond acceptors (Lipinski definition) is 5. The molecule has 1 unspecified atom stereocenters. The van der Waals surface area contributed by atoms with Gasteiger partial charge in [-0.15, -0.1) is 0 Å². The first-order valence-corrected chi connectivity index (χ1v) is 8.93. The molecule has 6 nitrogen and oxygen atoms in total. The van der Waals surface area contributed by atoms with E-state index in [1.807, 2.05) is 45.0 Å². The van der Waals surface area contributed by atoms with Crippen molar-refractivity contribution < 1.29 is 9.32 Å². The predicted octanol–water partition coefficient (Wildman–Crippen LogP) is 2.78. The summed E-state index contributed by atoms with van der Waals surface area (Å²) in [5.41, 5.74) is 2.13. The van der Waals surface area contributed by atoms with Gasteiger partial charge in [0.2, 0.25) is 17.6 Å². The Morgan fingerprint density at radius 3 is 3.04 bits per heavy atom. The molecule has 1 atom stereocenters. The molecule has 1 amide bonds. The van der Waals surface area contributed by atoms with Gasteiger partial charge in [-0.1, -0.05) is 28.9 Å². The van der Waals surface area contributed by atoms with Crippen molar-refractivity contribution in [2.24, 2.45) is 5.92 Å². The Kier molecular flexibility index (Phi) is 5.48. The molecule has 6 heteroatoms. The summed E-state index contributed by atoms with van der Waals surface area (Å²) in [5.74, 6) is 1.40. The van der Waals surface area contributed by atoms with Gasteiger partial charge < -0.3 is 9.84 Å². The van der Waals surface area contributed by atoms with Crippen molar-refractivity contribution in [1.29, 1.82) is 0 Å². The molecule has 0 saturated carbocycles. The topological polar surface area (TPSA) is 71.3 Å². The van der Waals surface area contributed by atoms with Gasteiger partial charge in [0.1, 0.15) is 0 Å². The van der Waals surface area contributed by atoms with E-state index in [9.17, 15) is 4.79 Å². The summed E-state index contributed by atoms with van der Waals surface area (Å²) in [6.07, 6.45) is 1.95. The Balaban J connectivity index is 1.62. The van der Waals surface area contributed by atoms with E-state index in [1.54, 1.807) is 0 Å². The minimum absolute atomic E-state index is 0.0373. The van der Waals surface area contributed by atoms with E-state index in [4.69, 9.17) is 4.52 Å². The van der Waals surface area contributed by atoms with Crippen molar-refractivity contribution in [3.8, 4) is 11.4 Å². The normalized spacial score (nSPS) is 18.5. The van der Waals surface area contributed by atoms with Crippen LogP contribution in [0.15, 0.2) is 28.8 Å². The fourth-order valence-corrected chi connectivity index (χ4v) is 3.23. The molecule has 1 aliphatic rings. The maximum Gasteiger partial charge on any atom is 0.241 e. The second-order valence-corrected chi connectivity index (χ2v) is 7.12. The van der Waals surface area contributed by atoms with Crippen LogP contribution in [0.1, 0.15) is 38.1 Å². The summed E-state index contributed by atoms with van der Waals surface area (Å²) in [4.78, 5) is 19.0. The third kappa shape index (κ3) is 4.66. The monoisotopic (exact) mass is 342 g/mol. The van der Waals surface area contributed by atoms with Crippen molar-refractivity contribution in [2.75, 3.05) is 13.1 Å². The first kappa shape index (κ1) is 17.6. The second-order valence-electron chi connectivity index (χ2n) is 7.12. The number of piperidine rings is 1. The number of aryl methyl sites for hydroxylation is 1. The second kappa shape index (κ2) is 7.78. The molecule has 1 aliphatic heterocycles. The predicted molar refractivity (Wildman–Crippen MR) is 95.8 cm³/mol.